The van der Waals surface area contributed by atoms with Crippen LogP contribution in [0.2, 0.25) is 0 Å². The van der Waals surface area contributed by atoms with E-state index in [1.54, 1.807) is 0 Å². The van der Waals surface area contributed by atoms with Gasteiger partial charge in [-0.1, -0.05) is 216 Å². The molecule has 13 aromatic carbocycles. The molecule has 1 aromatic heterocycles. The molecule has 0 bridgehead atoms. The smallest absolute Gasteiger partial charge is 0.249 e. The molecule has 406 valence electrons. The Morgan fingerprint density at radius 3 is 1.41 bits per heavy atom. The van der Waals surface area contributed by atoms with E-state index in [2.05, 4.69) is 323 Å². The molecule has 5 heterocycles. The molecule has 14 aromatic rings. The topological polar surface area (TPSA) is 26.1 Å². The minimum atomic E-state index is -0.0863. The number of fused-ring (bicyclic) bond motifs is 11. The molecule has 0 fully saturated rings. The number of furan rings is 1. The summed E-state index contributed by atoms with van der Waals surface area (Å²) in [4.78, 5) is 15.0. The first-order valence-corrected chi connectivity index (χ1v) is 31.3. The molecule has 0 aliphatic carbocycles. The second-order valence-electron chi connectivity index (χ2n) is 22.7. The van der Waals surface area contributed by atoms with E-state index >= 15 is 0 Å². The molecular formula is C78H50B2N4OS2. The quantitative estimate of drug-likeness (QED) is 0.133. The van der Waals surface area contributed by atoms with Crippen molar-refractivity contribution in [2.75, 3.05) is 19.6 Å². The maximum Gasteiger partial charge on any atom is 0.249 e. The zero-order valence-corrected chi connectivity index (χ0v) is 48.7. The fraction of sp³-hybridized carbons (Fsp3) is 0. The van der Waals surface area contributed by atoms with Crippen molar-refractivity contribution in [3.8, 4) is 11.1 Å². The second-order valence-corrected chi connectivity index (χ2v) is 24.9. The van der Waals surface area contributed by atoms with E-state index in [0.29, 0.717) is 0 Å². The summed E-state index contributed by atoms with van der Waals surface area (Å²) in [5.41, 5.74) is 25.3. The van der Waals surface area contributed by atoms with Crippen LogP contribution in [-0.2, 0) is 0 Å². The van der Waals surface area contributed by atoms with Crippen molar-refractivity contribution < 1.29 is 4.42 Å². The number of rotatable bonds is 9. The number of hydrogen-bond donors (Lipinski definition) is 0. The zero-order valence-electron chi connectivity index (χ0n) is 47.0. The van der Waals surface area contributed by atoms with Crippen molar-refractivity contribution in [2.45, 2.75) is 19.6 Å². The molecule has 0 N–H and O–H groups in total. The van der Waals surface area contributed by atoms with E-state index in [0.717, 1.165) is 89.9 Å². The average Bonchev–Trinajstić information content (AvgIpc) is 0.921. The SMILES string of the molecule is c1ccc(-c2c(N3c4cc5c(cc4B4c6ccccc6Sc6cc(N(c7ccccc7)c7ccccc7)cc3c64)B3c4ccccc4N(c4ccccc4)c4cc(N(c6ccccc6)c6ccccc6)cc(c43)S5)ccc3oc4ccccc4c23)cc1. The van der Waals surface area contributed by atoms with E-state index in [1.165, 1.54) is 63.7 Å². The summed E-state index contributed by atoms with van der Waals surface area (Å²) in [5.74, 6) is 0. The molecule has 5 nitrogen and oxygen atoms in total. The number of nitrogens with zero attached hydrogens (tertiary/aromatic N) is 4. The summed E-state index contributed by atoms with van der Waals surface area (Å²) < 4.78 is 6.80. The highest BCUT2D eigenvalue weighted by molar-refractivity contribution is 8.00. The lowest BCUT2D eigenvalue weighted by Gasteiger charge is -2.44. The van der Waals surface area contributed by atoms with Crippen LogP contribution in [0.3, 0.4) is 0 Å². The summed E-state index contributed by atoms with van der Waals surface area (Å²) in [6.45, 7) is -0.163. The molecule has 0 unspecified atom stereocenters. The first kappa shape index (κ1) is 50.1. The zero-order chi connectivity index (χ0) is 57.1. The van der Waals surface area contributed by atoms with Gasteiger partial charge in [0.05, 0.1) is 5.69 Å². The highest BCUT2D eigenvalue weighted by atomic mass is 32.2. The van der Waals surface area contributed by atoms with Crippen molar-refractivity contribution >= 4 is 160 Å². The van der Waals surface area contributed by atoms with Crippen LogP contribution in [0, 0.1) is 0 Å². The van der Waals surface area contributed by atoms with E-state index in [9.17, 15) is 0 Å². The first-order valence-electron chi connectivity index (χ1n) is 29.7. The molecule has 0 spiro atoms. The summed E-state index contributed by atoms with van der Waals surface area (Å²) in [5, 5.41) is 2.19. The molecule has 0 atom stereocenters. The molecule has 0 saturated carbocycles. The van der Waals surface area contributed by atoms with Crippen LogP contribution in [0.25, 0.3) is 33.1 Å². The van der Waals surface area contributed by atoms with Crippen LogP contribution < -0.4 is 52.4 Å². The number of benzene rings is 13. The molecule has 18 rings (SSSR count). The van der Waals surface area contributed by atoms with Crippen molar-refractivity contribution in [2.24, 2.45) is 0 Å². The van der Waals surface area contributed by atoms with Crippen molar-refractivity contribution in [1.82, 2.24) is 0 Å². The largest absolute Gasteiger partial charge is 0.456 e. The molecule has 0 amide bonds. The van der Waals surface area contributed by atoms with Crippen LogP contribution in [-0.4, -0.2) is 13.4 Å². The second kappa shape index (κ2) is 20.2. The van der Waals surface area contributed by atoms with Crippen LogP contribution in [0.1, 0.15) is 0 Å². The molecule has 87 heavy (non-hydrogen) atoms. The standard InChI is InChI=1S/C78H50B2N4OS2/c1-7-25-51(26-8-1)75-65(43-44-70-76(75)59-37-19-23-41-69(59)85-70)84-66-50-72-63(49-62(66)80-61-39-21-24-42-71(61)86-73-47-58(46-68(84)78(73)80)82(54-31-13-4-14-32-54)55-33-15-5-16-34-55)79-60-38-20-22-40-64(60)83(56-35-17-6-18-36-56)67-45-57(48-74(87-72)77(67)79)81(52-27-9-2-10-28-52)53-29-11-3-12-30-53/h1-50H. The summed E-state index contributed by atoms with van der Waals surface area (Å²) in [7, 11) is 0. The van der Waals surface area contributed by atoms with E-state index in [1.807, 2.05) is 23.5 Å². The van der Waals surface area contributed by atoms with Crippen molar-refractivity contribution in [1.29, 1.82) is 0 Å². The fourth-order valence-corrected chi connectivity index (χ4v) is 16.7. The highest BCUT2D eigenvalue weighted by Crippen LogP contribution is 2.53. The Labute approximate surface area is 514 Å². The van der Waals surface area contributed by atoms with Crippen LogP contribution in [0.4, 0.5) is 68.2 Å². The predicted octanol–water partition coefficient (Wildman–Crippen LogP) is 17.7. The molecular weight excluding hydrogens is 1090 g/mol. The third kappa shape index (κ3) is 7.93. The Balaban J connectivity index is 0.947. The first-order chi connectivity index (χ1) is 43.2. The molecule has 4 aliphatic rings. The molecule has 0 saturated heterocycles. The van der Waals surface area contributed by atoms with Gasteiger partial charge in [-0.25, -0.2) is 0 Å². The summed E-state index contributed by atoms with van der Waals surface area (Å²) in [6.07, 6.45) is 0. The lowest BCUT2D eigenvalue weighted by atomic mass is 9.31. The van der Waals surface area contributed by atoms with Gasteiger partial charge < -0.3 is 24.0 Å². The minimum absolute atomic E-state index is 0.0765. The Morgan fingerprint density at radius 1 is 0.299 bits per heavy atom. The monoisotopic (exact) mass is 1140 g/mol. The van der Waals surface area contributed by atoms with Gasteiger partial charge in [0, 0.05) is 98.5 Å². The van der Waals surface area contributed by atoms with Gasteiger partial charge in [-0.3, -0.25) is 0 Å². The van der Waals surface area contributed by atoms with Gasteiger partial charge in [0.2, 0.25) is 13.4 Å². The van der Waals surface area contributed by atoms with Gasteiger partial charge in [0.15, 0.2) is 0 Å². The summed E-state index contributed by atoms with van der Waals surface area (Å²) in [6, 6.07) is 112. The van der Waals surface area contributed by atoms with Crippen LogP contribution in [0.15, 0.2) is 327 Å². The molecule has 9 heteroatoms. The number of anilines is 12. The summed E-state index contributed by atoms with van der Waals surface area (Å²) >= 11 is 3.80. The third-order valence-corrected chi connectivity index (χ3v) is 20.1. The van der Waals surface area contributed by atoms with Gasteiger partial charge in [0.25, 0.3) is 0 Å². The maximum atomic E-state index is 6.80. The highest BCUT2D eigenvalue weighted by Gasteiger charge is 2.47. The van der Waals surface area contributed by atoms with E-state index in [-0.39, 0.29) is 13.4 Å². The lowest BCUT2D eigenvalue weighted by Crippen LogP contribution is -2.64. The van der Waals surface area contributed by atoms with Gasteiger partial charge in [-0.2, -0.15) is 0 Å². The fourth-order valence-electron chi connectivity index (χ4n) is 14.3. The average molecular weight is 1150 g/mol. The van der Waals surface area contributed by atoms with E-state index in [4.69, 9.17) is 4.42 Å². The molecule has 4 aliphatic heterocycles. The lowest BCUT2D eigenvalue weighted by molar-refractivity contribution is 0.669. The third-order valence-electron chi connectivity index (χ3n) is 17.9. The normalized spacial score (nSPS) is 13.1. The Hall–Kier alpha value is -10.3. The van der Waals surface area contributed by atoms with Crippen molar-refractivity contribution in [3.05, 3.63) is 303 Å². The van der Waals surface area contributed by atoms with Crippen molar-refractivity contribution in [3.63, 3.8) is 0 Å². The van der Waals surface area contributed by atoms with Gasteiger partial charge in [0.1, 0.15) is 11.2 Å². The van der Waals surface area contributed by atoms with Gasteiger partial charge in [-0.15, -0.1) is 0 Å². The Bertz CT molecular complexity index is 4960. The predicted molar refractivity (Wildman–Crippen MR) is 368 cm³/mol. The maximum absolute atomic E-state index is 6.80. The Kier molecular flexibility index (Phi) is 11.6. The number of hydrogen-bond acceptors (Lipinski definition) is 7. The van der Waals surface area contributed by atoms with Crippen LogP contribution >= 0.6 is 23.5 Å². The molecule has 0 radical (unpaired) electrons. The number of para-hydroxylation sites is 7. The van der Waals surface area contributed by atoms with Crippen LogP contribution in [0.5, 0.6) is 0 Å². The van der Waals surface area contributed by atoms with Gasteiger partial charge in [-0.05, 0) is 149 Å². The minimum Gasteiger partial charge on any atom is -0.456 e. The van der Waals surface area contributed by atoms with E-state index < -0.39 is 0 Å². The van der Waals surface area contributed by atoms with Gasteiger partial charge >= 0.3 is 0 Å². The Morgan fingerprint density at radius 2 is 0.793 bits per heavy atom.